The zero-order chi connectivity index (χ0) is 12.7. The van der Waals surface area contributed by atoms with E-state index in [2.05, 4.69) is 29.5 Å². The quantitative estimate of drug-likeness (QED) is 0.795. The standard InChI is InChI=1S/C13H21N3O/c1-4-10(3)8-16-13(17)11-6-7-12(14-5-2)15-9-11/h6-7,9-10H,4-5,8H2,1-3H3,(H,14,15)(H,16,17). The monoisotopic (exact) mass is 235 g/mol. The molecule has 4 nitrogen and oxygen atoms in total. The fourth-order valence-corrected chi connectivity index (χ4v) is 1.33. The molecule has 1 amide bonds. The Kier molecular flexibility index (Phi) is 5.46. The van der Waals surface area contributed by atoms with Gasteiger partial charge in [-0.1, -0.05) is 20.3 Å². The van der Waals surface area contributed by atoms with Gasteiger partial charge in [0, 0.05) is 19.3 Å². The number of nitrogens with one attached hydrogen (secondary N) is 2. The third-order valence-electron chi connectivity index (χ3n) is 2.69. The summed E-state index contributed by atoms with van der Waals surface area (Å²) in [6, 6.07) is 3.61. The Morgan fingerprint density at radius 2 is 2.18 bits per heavy atom. The van der Waals surface area contributed by atoms with Crippen molar-refractivity contribution in [3.05, 3.63) is 23.9 Å². The Morgan fingerprint density at radius 1 is 1.41 bits per heavy atom. The molecule has 0 spiro atoms. The SMILES string of the molecule is CCNc1ccc(C(=O)NCC(C)CC)cn1. The molecule has 4 heteroatoms. The van der Waals surface area contributed by atoms with Gasteiger partial charge in [-0.25, -0.2) is 4.98 Å². The highest BCUT2D eigenvalue weighted by Gasteiger charge is 2.07. The first kappa shape index (κ1) is 13.5. The van der Waals surface area contributed by atoms with Crippen molar-refractivity contribution in [3.63, 3.8) is 0 Å². The molecule has 1 heterocycles. The van der Waals surface area contributed by atoms with E-state index in [1.165, 1.54) is 0 Å². The minimum atomic E-state index is -0.0548. The van der Waals surface area contributed by atoms with E-state index in [1.807, 2.05) is 13.0 Å². The molecule has 1 aromatic rings. The van der Waals surface area contributed by atoms with Crippen LogP contribution in [0.3, 0.4) is 0 Å². The van der Waals surface area contributed by atoms with Crippen LogP contribution in [0.4, 0.5) is 5.82 Å². The van der Waals surface area contributed by atoms with Crippen LogP contribution in [0, 0.1) is 5.92 Å². The Morgan fingerprint density at radius 3 is 2.71 bits per heavy atom. The summed E-state index contributed by atoms with van der Waals surface area (Å²) in [5.41, 5.74) is 0.606. The number of hydrogen-bond donors (Lipinski definition) is 2. The summed E-state index contributed by atoms with van der Waals surface area (Å²) >= 11 is 0. The number of nitrogens with zero attached hydrogens (tertiary/aromatic N) is 1. The fourth-order valence-electron chi connectivity index (χ4n) is 1.33. The summed E-state index contributed by atoms with van der Waals surface area (Å²) in [6.45, 7) is 7.78. The van der Waals surface area contributed by atoms with Crippen molar-refractivity contribution in [2.45, 2.75) is 27.2 Å². The second-order valence-electron chi connectivity index (χ2n) is 4.19. The van der Waals surface area contributed by atoms with E-state index in [0.29, 0.717) is 18.0 Å². The molecule has 0 saturated heterocycles. The highest BCUT2D eigenvalue weighted by Crippen LogP contribution is 2.05. The summed E-state index contributed by atoms with van der Waals surface area (Å²) < 4.78 is 0. The number of aromatic nitrogens is 1. The highest BCUT2D eigenvalue weighted by atomic mass is 16.1. The zero-order valence-electron chi connectivity index (χ0n) is 10.8. The first-order valence-corrected chi connectivity index (χ1v) is 6.15. The molecule has 0 aromatic carbocycles. The van der Waals surface area contributed by atoms with Gasteiger partial charge in [-0.15, -0.1) is 0 Å². The predicted octanol–water partition coefficient (Wildman–Crippen LogP) is 2.29. The maximum atomic E-state index is 11.8. The first-order valence-electron chi connectivity index (χ1n) is 6.15. The molecule has 17 heavy (non-hydrogen) atoms. The van der Waals surface area contributed by atoms with Crippen molar-refractivity contribution < 1.29 is 4.79 Å². The van der Waals surface area contributed by atoms with Crippen LogP contribution in [0.5, 0.6) is 0 Å². The van der Waals surface area contributed by atoms with E-state index in [4.69, 9.17) is 0 Å². The molecule has 1 unspecified atom stereocenters. The van der Waals surface area contributed by atoms with E-state index >= 15 is 0 Å². The zero-order valence-corrected chi connectivity index (χ0v) is 10.8. The lowest BCUT2D eigenvalue weighted by Crippen LogP contribution is -2.28. The van der Waals surface area contributed by atoms with Crippen molar-refractivity contribution in [1.29, 1.82) is 0 Å². The summed E-state index contributed by atoms with van der Waals surface area (Å²) in [5.74, 6) is 1.25. The summed E-state index contributed by atoms with van der Waals surface area (Å²) in [5, 5.41) is 5.99. The molecule has 0 aliphatic rings. The Bertz CT molecular complexity index is 348. The molecule has 1 rings (SSSR count). The summed E-state index contributed by atoms with van der Waals surface area (Å²) in [6.07, 6.45) is 2.67. The van der Waals surface area contributed by atoms with Crippen LogP contribution < -0.4 is 10.6 Å². The van der Waals surface area contributed by atoms with Gasteiger partial charge in [-0.2, -0.15) is 0 Å². The van der Waals surface area contributed by atoms with Gasteiger partial charge in [0.15, 0.2) is 0 Å². The predicted molar refractivity (Wildman–Crippen MR) is 70.2 cm³/mol. The fraction of sp³-hybridized carbons (Fsp3) is 0.538. The molecule has 2 N–H and O–H groups in total. The molecule has 0 aliphatic carbocycles. The van der Waals surface area contributed by atoms with Crippen LogP contribution in [0.1, 0.15) is 37.6 Å². The number of rotatable bonds is 6. The lowest BCUT2D eigenvalue weighted by Gasteiger charge is -2.10. The van der Waals surface area contributed by atoms with E-state index in [1.54, 1.807) is 12.3 Å². The largest absolute Gasteiger partial charge is 0.370 e. The molecule has 1 aromatic heterocycles. The van der Waals surface area contributed by atoms with Gasteiger partial charge >= 0.3 is 0 Å². The Labute approximate surface area is 103 Å². The van der Waals surface area contributed by atoms with Crippen LogP contribution >= 0.6 is 0 Å². The molecule has 0 aliphatic heterocycles. The van der Waals surface area contributed by atoms with E-state index in [9.17, 15) is 4.79 Å². The van der Waals surface area contributed by atoms with Gasteiger partial charge in [-0.05, 0) is 25.0 Å². The lowest BCUT2D eigenvalue weighted by molar-refractivity contribution is 0.0947. The normalized spacial score (nSPS) is 11.9. The number of carbonyl (C=O) groups excluding carboxylic acids is 1. The molecule has 0 saturated carbocycles. The van der Waals surface area contributed by atoms with Crippen LogP contribution in [0.15, 0.2) is 18.3 Å². The van der Waals surface area contributed by atoms with Gasteiger partial charge in [0.05, 0.1) is 5.56 Å². The van der Waals surface area contributed by atoms with E-state index in [0.717, 1.165) is 18.8 Å². The van der Waals surface area contributed by atoms with Crippen molar-refractivity contribution in [1.82, 2.24) is 10.3 Å². The third-order valence-corrected chi connectivity index (χ3v) is 2.69. The minimum absolute atomic E-state index is 0.0548. The molecule has 0 fully saturated rings. The van der Waals surface area contributed by atoms with E-state index < -0.39 is 0 Å². The van der Waals surface area contributed by atoms with Gasteiger partial charge in [-0.3, -0.25) is 4.79 Å². The Hall–Kier alpha value is -1.58. The number of carbonyl (C=O) groups is 1. The number of hydrogen-bond acceptors (Lipinski definition) is 3. The van der Waals surface area contributed by atoms with Gasteiger partial charge in [0.1, 0.15) is 5.82 Å². The van der Waals surface area contributed by atoms with Crippen LogP contribution in [0.2, 0.25) is 0 Å². The second-order valence-corrected chi connectivity index (χ2v) is 4.19. The summed E-state index contributed by atoms with van der Waals surface area (Å²) in [4.78, 5) is 15.9. The topological polar surface area (TPSA) is 54.0 Å². The summed E-state index contributed by atoms with van der Waals surface area (Å²) in [7, 11) is 0. The van der Waals surface area contributed by atoms with Crippen LogP contribution in [-0.4, -0.2) is 24.0 Å². The molecule has 0 radical (unpaired) electrons. The first-order chi connectivity index (χ1) is 8.17. The Balaban J connectivity index is 2.51. The minimum Gasteiger partial charge on any atom is -0.370 e. The molecule has 94 valence electrons. The number of pyridine rings is 1. The van der Waals surface area contributed by atoms with Gasteiger partial charge in [0.2, 0.25) is 0 Å². The second kappa shape index (κ2) is 6.89. The van der Waals surface area contributed by atoms with Crippen molar-refractivity contribution >= 4 is 11.7 Å². The smallest absolute Gasteiger partial charge is 0.252 e. The number of anilines is 1. The molecule has 0 bridgehead atoms. The average Bonchev–Trinajstić information content (AvgIpc) is 2.36. The molecular formula is C13H21N3O. The average molecular weight is 235 g/mol. The molecular weight excluding hydrogens is 214 g/mol. The third kappa shape index (κ3) is 4.43. The van der Waals surface area contributed by atoms with Crippen molar-refractivity contribution in [2.24, 2.45) is 5.92 Å². The van der Waals surface area contributed by atoms with Crippen molar-refractivity contribution in [3.8, 4) is 0 Å². The molecule has 1 atom stereocenters. The van der Waals surface area contributed by atoms with Crippen LogP contribution in [-0.2, 0) is 0 Å². The highest BCUT2D eigenvalue weighted by molar-refractivity contribution is 5.94. The van der Waals surface area contributed by atoms with Crippen molar-refractivity contribution in [2.75, 3.05) is 18.4 Å². The number of amides is 1. The van der Waals surface area contributed by atoms with E-state index in [-0.39, 0.29) is 5.91 Å². The van der Waals surface area contributed by atoms with Gasteiger partial charge < -0.3 is 10.6 Å². The van der Waals surface area contributed by atoms with Crippen LogP contribution in [0.25, 0.3) is 0 Å². The maximum Gasteiger partial charge on any atom is 0.252 e. The lowest BCUT2D eigenvalue weighted by atomic mass is 10.1. The maximum absolute atomic E-state index is 11.8. The van der Waals surface area contributed by atoms with Gasteiger partial charge in [0.25, 0.3) is 5.91 Å².